The van der Waals surface area contributed by atoms with Gasteiger partial charge in [-0.3, -0.25) is 54.5 Å². The summed E-state index contributed by atoms with van der Waals surface area (Å²) >= 11 is 0. The molecule has 139 heavy (non-hydrogen) atoms. The molecule has 0 aliphatic carbocycles. The first-order valence-electron chi connectivity index (χ1n) is 49.3. The summed E-state index contributed by atoms with van der Waals surface area (Å²) in [5, 5.41) is 13.6. The van der Waals surface area contributed by atoms with Crippen LogP contribution in [-0.4, -0.2) is 74.6 Å². The summed E-state index contributed by atoms with van der Waals surface area (Å²) in [7, 11) is 0. The van der Waals surface area contributed by atoms with Crippen molar-refractivity contribution in [2.45, 2.75) is 240 Å². The van der Waals surface area contributed by atoms with E-state index < -0.39 is 0 Å². The molecule has 6 aromatic carbocycles. The molecule has 0 radical (unpaired) electrons. The molecule has 0 unspecified atom stereocenters. The SMILES string of the molecule is CC(C)(C)C.CC(C)C.CC(C)C.CC(C)C.CC(C)C.CC(C)C.CC(C)C.CC(C)C.CC(C)C.CC(C)C.c1cc2n(n1)CCCC2.c1ccc2cnccc2c1.c1ccc2cnccc2c1.c1ccc2ncccc2c1.c1ccc2ncccc2c1.c1ccc2nccnc2c1.c1ccc2ocnc2c1.c1cnc2cccnc2c1.c1cnc2ccncc2c1.c1cnc2ncccc2c1. The number of oxazole rings is 1. The topological polar surface area (TPSA) is 199 Å². The minimum atomic E-state index is 0.500. The van der Waals surface area contributed by atoms with Crippen LogP contribution in [0.4, 0.5) is 0 Å². The van der Waals surface area contributed by atoms with Crippen LogP contribution in [0.1, 0.15) is 233 Å². The third-order valence-corrected chi connectivity index (χ3v) is 14.7. The zero-order chi connectivity index (χ0) is 103. The van der Waals surface area contributed by atoms with Crippen molar-refractivity contribution in [3.63, 3.8) is 0 Å². The van der Waals surface area contributed by atoms with E-state index in [1.165, 1.54) is 63.7 Å². The number of hydrogen-bond donors (Lipinski definition) is 0. The largest absolute Gasteiger partial charge is 0.443 e. The normalized spacial score (nSPS) is 10.3. The van der Waals surface area contributed by atoms with E-state index >= 15 is 0 Å². The molecule has 16 nitrogen and oxygen atoms in total. The van der Waals surface area contributed by atoms with E-state index in [1.54, 1.807) is 49.6 Å². The van der Waals surface area contributed by atoms with Crippen molar-refractivity contribution in [1.82, 2.24) is 74.6 Å². The Bertz CT molecular complexity index is 4610. The van der Waals surface area contributed by atoms with Crippen molar-refractivity contribution in [2.75, 3.05) is 0 Å². The highest BCUT2D eigenvalue weighted by molar-refractivity contribution is 5.83. The first kappa shape index (κ1) is 124. The summed E-state index contributed by atoms with van der Waals surface area (Å²) in [5.74, 6) is 7.50. The quantitative estimate of drug-likeness (QED) is 0.139. The molecule has 20 rings (SSSR count). The van der Waals surface area contributed by atoms with Crippen LogP contribution in [0, 0.1) is 58.7 Å². The van der Waals surface area contributed by atoms with E-state index in [-0.39, 0.29) is 0 Å². The molecule has 1 aliphatic rings. The van der Waals surface area contributed by atoms with Gasteiger partial charge in [0.2, 0.25) is 0 Å². The Morgan fingerprint density at radius 3 is 0.820 bits per heavy atom. The fraction of sp³-hybridized carbons (Fsp3) is 0.366. The van der Waals surface area contributed by atoms with E-state index in [0.29, 0.717) is 5.41 Å². The first-order chi connectivity index (χ1) is 66.3. The summed E-state index contributed by atoms with van der Waals surface area (Å²) in [6.45, 7) is 68.4. The maximum atomic E-state index is 5.01. The van der Waals surface area contributed by atoms with Crippen LogP contribution in [0.2, 0.25) is 0 Å². The van der Waals surface area contributed by atoms with Crippen LogP contribution in [-0.2, 0) is 13.0 Å². The number of aryl methyl sites for hydroxylation is 2. The Morgan fingerprint density at radius 1 is 0.223 bits per heavy atom. The Morgan fingerprint density at radius 2 is 0.482 bits per heavy atom. The molecular formula is C123H169N15O. The fourth-order valence-electron chi connectivity index (χ4n) is 9.87. The van der Waals surface area contributed by atoms with Gasteiger partial charge in [0.1, 0.15) is 5.52 Å². The molecule has 0 saturated carbocycles. The molecule has 1 aliphatic heterocycles. The Kier molecular flexibility index (Phi) is 68.2. The Labute approximate surface area is 837 Å². The lowest BCUT2D eigenvalue weighted by Crippen LogP contribution is -2.10. The summed E-state index contributed by atoms with van der Waals surface area (Å²) in [4.78, 5) is 53.1. The summed E-state index contributed by atoms with van der Waals surface area (Å²) in [5.41, 5.74) is 11.4. The molecule has 0 atom stereocenters. The van der Waals surface area contributed by atoms with Gasteiger partial charge in [-0.25, -0.2) is 15.0 Å². The number of benzene rings is 6. The van der Waals surface area contributed by atoms with Gasteiger partial charge in [0.25, 0.3) is 0 Å². The molecule has 0 N–H and O–H groups in total. The van der Waals surface area contributed by atoms with Crippen LogP contribution in [0.5, 0.6) is 0 Å². The van der Waals surface area contributed by atoms with Crippen LogP contribution in [0.3, 0.4) is 0 Å². The van der Waals surface area contributed by atoms with Gasteiger partial charge in [-0.05, 0) is 233 Å². The maximum Gasteiger partial charge on any atom is 0.181 e. The molecule has 742 valence electrons. The van der Waals surface area contributed by atoms with Crippen molar-refractivity contribution in [3.8, 4) is 0 Å². The van der Waals surface area contributed by atoms with Gasteiger partial charge < -0.3 is 4.42 Å². The molecule has 0 spiro atoms. The van der Waals surface area contributed by atoms with Gasteiger partial charge in [0, 0.05) is 133 Å². The molecule has 0 bridgehead atoms. The second-order valence-corrected chi connectivity index (χ2v) is 40.0. The molecule has 16 heteroatoms. The van der Waals surface area contributed by atoms with Crippen molar-refractivity contribution < 1.29 is 4.42 Å². The van der Waals surface area contributed by atoms with E-state index in [9.17, 15) is 0 Å². The number of para-hydroxylation sites is 6. The average Bonchev–Trinajstić information content (AvgIpc) is 1.72. The molecular weight excluding hydrogens is 1700 g/mol. The molecule has 19 aromatic rings. The predicted octanol–water partition coefficient (Wildman–Crippen LogP) is 35.5. The maximum absolute atomic E-state index is 5.01. The van der Waals surface area contributed by atoms with Gasteiger partial charge in [0.05, 0.1) is 38.6 Å². The van der Waals surface area contributed by atoms with E-state index in [1.807, 2.05) is 250 Å². The van der Waals surface area contributed by atoms with Gasteiger partial charge in [0.15, 0.2) is 17.6 Å². The molecule has 13 aromatic heterocycles. The number of hydrogen-bond acceptors (Lipinski definition) is 15. The number of fused-ring (bicyclic) bond motifs is 10. The number of aromatic nitrogens is 15. The zero-order valence-electron chi connectivity index (χ0n) is 90.2. The Hall–Kier alpha value is -13.3. The van der Waals surface area contributed by atoms with Crippen LogP contribution in [0.15, 0.2) is 365 Å². The molecule has 0 saturated heterocycles. The highest BCUT2D eigenvalue weighted by Gasteiger charge is 2.07. The van der Waals surface area contributed by atoms with Crippen LogP contribution >= 0.6 is 0 Å². The zero-order valence-corrected chi connectivity index (χ0v) is 90.2. The molecule has 14 heterocycles. The standard InChI is InChI=1S/4C9H7N.4C8H6N2.C7H10N2.C7H5NO.C5H12.9C4H10/c2*1-2-6-9-8(4-1)5-3-7-10-9;2*1-2-4-9-7-10-6-5-8(9)3-1;1-3-7-8(9-5-1)4-2-6-10-7;1-3-7-4-2-6-10-8(7)9-5-1;1-2-7-6-9-5-3-8(7)10-4-1;1-2-4-8-7(3-1)9-5-6-10-8;1-2-6-9-7(3-1)4-5-8-9;1-2-4-7-6(3-1)8-5-9-7;1-5(2,3)4;9*1-4(2)3/h4*1-7H;4*1-6H;4-5H,1-3,6H2;1-5H;1-4H3;9*4H,1-3H3. The number of pyridine rings is 10. The second-order valence-electron chi connectivity index (χ2n) is 40.0. The third kappa shape index (κ3) is 69.2. The van der Waals surface area contributed by atoms with E-state index in [4.69, 9.17) is 4.42 Å². The fourth-order valence-corrected chi connectivity index (χ4v) is 9.87. The monoisotopic (exact) mass is 1870 g/mol. The molecule has 0 fully saturated rings. The third-order valence-electron chi connectivity index (χ3n) is 14.7. The van der Waals surface area contributed by atoms with E-state index in [2.05, 4.69) is 344 Å². The summed E-state index contributed by atoms with van der Waals surface area (Å²) < 4.78 is 7.11. The summed E-state index contributed by atoms with van der Waals surface area (Å²) in [6.07, 6.45) is 33.9. The molecule has 0 amide bonds. The van der Waals surface area contributed by atoms with Crippen molar-refractivity contribution in [2.24, 2.45) is 58.7 Å². The average molecular weight is 1870 g/mol. The van der Waals surface area contributed by atoms with Gasteiger partial charge in [-0.15, -0.1) is 0 Å². The number of nitrogens with zero attached hydrogens (tertiary/aromatic N) is 15. The summed E-state index contributed by atoms with van der Waals surface area (Å²) in [6, 6.07) is 83.4. The first-order valence-corrected chi connectivity index (χ1v) is 49.3. The van der Waals surface area contributed by atoms with Gasteiger partial charge in [-0.1, -0.05) is 336 Å². The van der Waals surface area contributed by atoms with Crippen LogP contribution < -0.4 is 0 Å². The Balaban J connectivity index is 0.000000741. The minimum Gasteiger partial charge on any atom is -0.443 e. The van der Waals surface area contributed by atoms with Crippen molar-refractivity contribution >= 4 is 98.5 Å². The second kappa shape index (κ2) is 76.7. The highest BCUT2D eigenvalue weighted by Crippen LogP contribution is 2.17. The smallest absolute Gasteiger partial charge is 0.181 e. The predicted molar refractivity (Wildman–Crippen MR) is 604 cm³/mol. The lowest BCUT2D eigenvalue weighted by atomic mass is 10.0. The lowest BCUT2D eigenvalue weighted by Gasteiger charge is -2.11. The van der Waals surface area contributed by atoms with Gasteiger partial charge in [-0.2, -0.15) is 5.10 Å². The lowest BCUT2D eigenvalue weighted by molar-refractivity contribution is 0.469. The highest BCUT2D eigenvalue weighted by atomic mass is 16.3. The van der Waals surface area contributed by atoms with E-state index in [0.717, 1.165) is 126 Å². The van der Waals surface area contributed by atoms with Crippen molar-refractivity contribution in [1.29, 1.82) is 0 Å². The van der Waals surface area contributed by atoms with Crippen molar-refractivity contribution in [3.05, 3.63) is 366 Å². The number of rotatable bonds is 0. The van der Waals surface area contributed by atoms with Gasteiger partial charge >= 0.3 is 0 Å². The van der Waals surface area contributed by atoms with Crippen LogP contribution in [0.25, 0.3) is 98.5 Å². The minimum absolute atomic E-state index is 0.500.